The molecule has 0 bridgehead atoms. The van der Waals surface area contributed by atoms with Crippen LogP contribution in [0.3, 0.4) is 0 Å². The average Bonchev–Trinajstić information content (AvgIpc) is 2.65. The second-order valence-electron chi connectivity index (χ2n) is 4.60. The van der Waals surface area contributed by atoms with Crippen LogP contribution in [0.15, 0.2) is 29.3 Å². The van der Waals surface area contributed by atoms with Crippen LogP contribution in [-0.4, -0.2) is 37.7 Å². The van der Waals surface area contributed by atoms with Crippen molar-refractivity contribution in [2.75, 3.05) is 26.8 Å². The fraction of sp³-hybridized carbons (Fsp3) is 0.462. The number of methoxy groups -OCH3 is 1. The molecular formula is C13H18IN3O. The van der Waals surface area contributed by atoms with Crippen molar-refractivity contribution in [3.8, 4) is 0 Å². The Balaban J connectivity index is 2.26. The van der Waals surface area contributed by atoms with Crippen LogP contribution in [-0.2, 0) is 10.3 Å². The average molecular weight is 359 g/mol. The van der Waals surface area contributed by atoms with Crippen molar-refractivity contribution in [3.05, 3.63) is 33.4 Å². The summed E-state index contributed by atoms with van der Waals surface area (Å²) in [5.41, 5.74) is 7.06. The molecule has 5 heteroatoms. The van der Waals surface area contributed by atoms with Gasteiger partial charge in [-0.05, 0) is 47.2 Å². The molecule has 1 aromatic rings. The smallest absolute Gasteiger partial charge is 0.192 e. The topological polar surface area (TPSA) is 50.9 Å². The Hall–Kier alpha value is -0.820. The van der Waals surface area contributed by atoms with Crippen LogP contribution >= 0.6 is 22.6 Å². The van der Waals surface area contributed by atoms with E-state index >= 15 is 0 Å². The summed E-state index contributed by atoms with van der Waals surface area (Å²) in [7, 11) is 1.70. The third-order valence-electron chi connectivity index (χ3n) is 3.41. The normalized spacial score (nSPS) is 23.3. The summed E-state index contributed by atoms with van der Waals surface area (Å²) in [4.78, 5) is 6.51. The Morgan fingerprint density at radius 1 is 1.44 bits per heavy atom. The van der Waals surface area contributed by atoms with Gasteiger partial charge in [0.05, 0.1) is 18.7 Å². The third kappa shape index (κ3) is 2.47. The van der Waals surface area contributed by atoms with E-state index in [0.29, 0.717) is 19.1 Å². The molecular weight excluding hydrogens is 341 g/mol. The molecule has 98 valence electrons. The maximum absolute atomic E-state index is 5.98. The van der Waals surface area contributed by atoms with Crippen LogP contribution in [0.5, 0.6) is 0 Å². The van der Waals surface area contributed by atoms with E-state index in [-0.39, 0.29) is 5.54 Å². The minimum atomic E-state index is -0.160. The maximum Gasteiger partial charge on any atom is 0.192 e. The number of hydrogen-bond acceptors (Lipinski definition) is 4. The zero-order chi connectivity index (χ0) is 13.2. The predicted molar refractivity (Wildman–Crippen MR) is 81.6 cm³/mol. The summed E-state index contributed by atoms with van der Waals surface area (Å²) in [5.74, 6) is 0.605. The summed E-state index contributed by atoms with van der Waals surface area (Å²) in [6.07, 6.45) is 0. The Morgan fingerprint density at radius 3 is 2.72 bits per heavy atom. The minimum absolute atomic E-state index is 0.160. The lowest BCUT2D eigenvalue weighted by Gasteiger charge is -2.36. The van der Waals surface area contributed by atoms with Crippen LogP contribution in [0.4, 0.5) is 0 Å². The van der Waals surface area contributed by atoms with Crippen molar-refractivity contribution in [2.45, 2.75) is 12.5 Å². The lowest BCUT2D eigenvalue weighted by molar-refractivity contribution is 0.137. The Bertz CT molecular complexity index is 446. The molecule has 1 aliphatic rings. The molecule has 1 atom stereocenters. The lowest BCUT2D eigenvalue weighted by Crippen LogP contribution is -2.48. The molecule has 1 aromatic carbocycles. The SMILES string of the molecule is COCCN1C(N)=NCC1(C)c1ccc(I)cc1. The van der Waals surface area contributed by atoms with Gasteiger partial charge < -0.3 is 15.4 Å². The Kier molecular flexibility index (Phi) is 4.11. The van der Waals surface area contributed by atoms with Crippen molar-refractivity contribution in [2.24, 2.45) is 10.7 Å². The number of guanidine groups is 1. The highest BCUT2D eigenvalue weighted by Crippen LogP contribution is 2.32. The van der Waals surface area contributed by atoms with Gasteiger partial charge in [0.25, 0.3) is 0 Å². The molecule has 0 fully saturated rings. The molecule has 0 aliphatic carbocycles. The molecule has 0 spiro atoms. The predicted octanol–water partition coefficient (Wildman–Crippen LogP) is 1.78. The van der Waals surface area contributed by atoms with Gasteiger partial charge in [-0.25, -0.2) is 0 Å². The molecule has 4 nitrogen and oxygen atoms in total. The summed E-state index contributed by atoms with van der Waals surface area (Å²) in [5, 5.41) is 0. The number of rotatable bonds is 4. The molecule has 2 N–H and O–H groups in total. The second kappa shape index (κ2) is 5.44. The van der Waals surface area contributed by atoms with E-state index in [0.717, 1.165) is 6.54 Å². The minimum Gasteiger partial charge on any atom is -0.383 e. The maximum atomic E-state index is 5.98. The van der Waals surface area contributed by atoms with Gasteiger partial charge in [-0.2, -0.15) is 0 Å². The van der Waals surface area contributed by atoms with Crippen LogP contribution in [0, 0.1) is 3.57 Å². The Labute approximate surface area is 121 Å². The van der Waals surface area contributed by atoms with Gasteiger partial charge >= 0.3 is 0 Å². The van der Waals surface area contributed by atoms with Crippen LogP contribution in [0.1, 0.15) is 12.5 Å². The lowest BCUT2D eigenvalue weighted by atomic mass is 9.91. The van der Waals surface area contributed by atoms with Crippen molar-refractivity contribution in [1.82, 2.24) is 4.90 Å². The monoisotopic (exact) mass is 359 g/mol. The summed E-state index contributed by atoms with van der Waals surface area (Å²) in [6.45, 7) is 4.28. The first kappa shape index (κ1) is 13.6. The number of benzene rings is 1. The summed E-state index contributed by atoms with van der Waals surface area (Å²) >= 11 is 2.31. The second-order valence-corrected chi connectivity index (χ2v) is 5.85. The van der Waals surface area contributed by atoms with Crippen molar-refractivity contribution in [3.63, 3.8) is 0 Å². The van der Waals surface area contributed by atoms with Crippen LogP contribution in [0.2, 0.25) is 0 Å². The first-order valence-corrected chi connectivity index (χ1v) is 6.98. The van der Waals surface area contributed by atoms with E-state index in [1.165, 1.54) is 9.13 Å². The van der Waals surface area contributed by atoms with E-state index in [1.54, 1.807) is 7.11 Å². The zero-order valence-corrected chi connectivity index (χ0v) is 12.8. The molecule has 18 heavy (non-hydrogen) atoms. The number of hydrogen-bond donors (Lipinski definition) is 1. The first-order chi connectivity index (χ1) is 8.58. The number of nitrogens with two attached hydrogens (primary N) is 1. The largest absolute Gasteiger partial charge is 0.383 e. The highest BCUT2D eigenvalue weighted by molar-refractivity contribution is 14.1. The van der Waals surface area contributed by atoms with E-state index in [4.69, 9.17) is 10.5 Å². The molecule has 0 saturated carbocycles. The molecule has 2 rings (SSSR count). The standard InChI is InChI=1S/C13H18IN3O/c1-13(10-3-5-11(14)6-4-10)9-16-12(15)17(13)7-8-18-2/h3-6H,7-9H2,1-2H3,(H2,15,16). The van der Waals surface area contributed by atoms with Gasteiger partial charge in [0.1, 0.15) is 0 Å². The van der Waals surface area contributed by atoms with E-state index in [9.17, 15) is 0 Å². The first-order valence-electron chi connectivity index (χ1n) is 5.90. The molecule has 0 aromatic heterocycles. The molecule has 0 saturated heterocycles. The fourth-order valence-electron chi connectivity index (χ4n) is 2.26. The fourth-order valence-corrected chi connectivity index (χ4v) is 2.62. The molecule has 1 heterocycles. The number of nitrogens with zero attached hydrogens (tertiary/aromatic N) is 2. The quantitative estimate of drug-likeness (QED) is 0.834. The van der Waals surface area contributed by atoms with Crippen molar-refractivity contribution < 1.29 is 4.74 Å². The molecule has 0 amide bonds. The van der Waals surface area contributed by atoms with Crippen LogP contribution in [0.25, 0.3) is 0 Å². The molecule has 1 unspecified atom stereocenters. The van der Waals surface area contributed by atoms with E-state index in [2.05, 4.69) is 63.7 Å². The highest BCUT2D eigenvalue weighted by atomic mass is 127. The van der Waals surface area contributed by atoms with Gasteiger partial charge in [-0.3, -0.25) is 4.99 Å². The third-order valence-corrected chi connectivity index (χ3v) is 4.13. The Morgan fingerprint density at radius 2 is 2.11 bits per heavy atom. The van der Waals surface area contributed by atoms with E-state index < -0.39 is 0 Å². The van der Waals surface area contributed by atoms with Crippen LogP contribution < -0.4 is 5.73 Å². The zero-order valence-electron chi connectivity index (χ0n) is 10.7. The number of halogens is 1. The highest BCUT2D eigenvalue weighted by Gasteiger charge is 2.39. The van der Waals surface area contributed by atoms with Gasteiger partial charge in [0.2, 0.25) is 0 Å². The van der Waals surface area contributed by atoms with Crippen molar-refractivity contribution in [1.29, 1.82) is 0 Å². The number of ether oxygens (including phenoxy) is 1. The summed E-state index contributed by atoms with van der Waals surface area (Å²) < 4.78 is 6.38. The van der Waals surface area contributed by atoms with Gasteiger partial charge in [-0.15, -0.1) is 0 Å². The number of aliphatic imine (C=N–C) groups is 1. The van der Waals surface area contributed by atoms with Gasteiger partial charge in [-0.1, -0.05) is 12.1 Å². The van der Waals surface area contributed by atoms with E-state index in [1.807, 2.05) is 0 Å². The van der Waals surface area contributed by atoms with Gasteiger partial charge in [0.15, 0.2) is 5.96 Å². The van der Waals surface area contributed by atoms with Gasteiger partial charge in [0, 0.05) is 17.2 Å². The summed E-state index contributed by atoms with van der Waals surface area (Å²) in [6, 6.07) is 8.53. The van der Waals surface area contributed by atoms with Crippen molar-refractivity contribution >= 4 is 28.6 Å². The molecule has 1 aliphatic heterocycles. The molecule has 0 radical (unpaired) electrons.